The van der Waals surface area contributed by atoms with Gasteiger partial charge in [0.1, 0.15) is 23.1 Å². The Bertz CT molecular complexity index is 1440. The van der Waals surface area contributed by atoms with Crippen molar-refractivity contribution in [2.75, 3.05) is 18.4 Å². The van der Waals surface area contributed by atoms with E-state index in [0.29, 0.717) is 22.6 Å². The number of rotatable bonds is 4. The third-order valence-corrected chi connectivity index (χ3v) is 7.41. The molecule has 1 aliphatic heterocycles. The fourth-order valence-corrected chi connectivity index (χ4v) is 5.54. The van der Waals surface area contributed by atoms with Crippen molar-refractivity contribution in [3.8, 4) is 11.4 Å². The van der Waals surface area contributed by atoms with Gasteiger partial charge in [0.2, 0.25) is 0 Å². The number of fused-ring (bicyclic) bond motifs is 2. The van der Waals surface area contributed by atoms with Crippen molar-refractivity contribution in [2.45, 2.75) is 50.6 Å². The lowest BCUT2D eigenvalue weighted by molar-refractivity contribution is 0.200. The third kappa shape index (κ3) is 4.14. The Morgan fingerprint density at radius 3 is 2.72 bits per heavy atom. The summed E-state index contributed by atoms with van der Waals surface area (Å²) in [6.07, 6.45) is 9.40. The molecule has 6 rings (SSSR count). The van der Waals surface area contributed by atoms with Crippen molar-refractivity contribution in [2.24, 2.45) is 7.05 Å². The smallest absolute Gasteiger partial charge is 0.317 e. The van der Waals surface area contributed by atoms with Crippen LogP contribution in [0.4, 0.5) is 19.4 Å². The summed E-state index contributed by atoms with van der Waals surface area (Å²) in [6.45, 7) is 1.66. The lowest BCUT2D eigenvalue weighted by Crippen LogP contribution is -2.47. The molecule has 3 aromatic heterocycles. The molecule has 10 heteroatoms. The van der Waals surface area contributed by atoms with Crippen LogP contribution in [0.3, 0.4) is 0 Å². The first kappa shape index (κ1) is 22.8. The maximum absolute atomic E-state index is 14.3. The average molecular weight is 494 g/mol. The van der Waals surface area contributed by atoms with Crippen LogP contribution in [0.1, 0.15) is 38.5 Å². The minimum absolute atomic E-state index is 0.0340. The molecule has 2 amide bonds. The van der Waals surface area contributed by atoms with E-state index in [9.17, 15) is 13.6 Å². The highest BCUT2D eigenvalue weighted by atomic mass is 19.1. The fourth-order valence-electron chi connectivity index (χ4n) is 5.54. The third-order valence-electron chi connectivity index (χ3n) is 7.41. The molecule has 0 unspecified atom stereocenters. The number of H-pyrrole nitrogens is 1. The summed E-state index contributed by atoms with van der Waals surface area (Å²) in [5.41, 5.74) is 1.48. The highest BCUT2D eigenvalue weighted by Crippen LogP contribution is 2.33. The lowest BCUT2D eigenvalue weighted by atomic mass is 9.91. The van der Waals surface area contributed by atoms with Crippen LogP contribution in [0, 0.1) is 11.6 Å². The Morgan fingerprint density at radius 2 is 1.89 bits per heavy atom. The summed E-state index contributed by atoms with van der Waals surface area (Å²) >= 11 is 0. The molecule has 1 aliphatic carbocycles. The quantitative estimate of drug-likeness (QED) is 0.376. The number of hydrogen-bond acceptors (Lipinski definition) is 4. The Morgan fingerprint density at radius 1 is 1.08 bits per heavy atom. The van der Waals surface area contributed by atoms with Crippen LogP contribution in [0.25, 0.3) is 33.3 Å². The van der Waals surface area contributed by atoms with Crippen LogP contribution >= 0.6 is 0 Å². The van der Waals surface area contributed by atoms with Crippen LogP contribution in [0.5, 0.6) is 0 Å². The molecular weight excluding hydrogens is 464 g/mol. The second-order valence-corrected chi connectivity index (χ2v) is 9.92. The maximum atomic E-state index is 14.3. The van der Waals surface area contributed by atoms with Crippen LogP contribution in [-0.2, 0) is 7.05 Å². The number of likely N-dealkylation sites (tertiary alicyclic amines) is 1. The van der Waals surface area contributed by atoms with E-state index in [-0.39, 0.29) is 23.6 Å². The predicted octanol–water partition coefficient (Wildman–Crippen LogP) is 4.92. The van der Waals surface area contributed by atoms with E-state index in [1.54, 1.807) is 6.20 Å². The van der Waals surface area contributed by atoms with E-state index < -0.39 is 11.6 Å². The molecule has 4 heterocycles. The van der Waals surface area contributed by atoms with Crippen LogP contribution in [0.15, 0.2) is 30.6 Å². The molecule has 3 N–H and O–H groups in total. The number of halogens is 2. The van der Waals surface area contributed by atoms with Gasteiger partial charge in [0, 0.05) is 61.6 Å². The average Bonchev–Trinajstić information content (AvgIpc) is 3.60. The number of carbonyl (C=O) groups excluding carboxylic acids is 1. The number of aromatic amines is 1. The van der Waals surface area contributed by atoms with E-state index in [1.165, 1.54) is 6.07 Å². The number of nitrogens with zero attached hydrogens (tertiary/aromatic N) is 4. The van der Waals surface area contributed by atoms with E-state index in [1.807, 2.05) is 28.8 Å². The SMILES string of the molecule is Cn1ccc2c(N[C@@H]3CCC[C@H](NC(=O)N4CCCC4)C3)nc(-c3c[nH]c4c(F)cc(F)cc34)nc21. The highest BCUT2D eigenvalue weighted by molar-refractivity contribution is 5.96. The number of urea groups is 1. The minimum Gasteiger partial charge on any atom is -0.367 e. The second kappa shape index (κ2) is 9.07. The number of amides is 2. The van der Waals surface area contributed by atoms with Crippen LogP contribution in [0.2, 0.25) is 0 Å². The lowest BCUT2D eigenvalue weighted by Gasteiger charge is -2.32. The van der Waals surface area contributed by atoms with Gasteiger partial charge in [0.25, 0.3) is 0 Å². The van der Waals surface area contributed by atoms with Crippen molar-refractivity contribution in [3.63, 3.8) is 0 Å². The molecule has 2 atom stereocenters. The van der Waals surface area contributed by atoms with Gasteiger partial charge < -0.3 is 25.1 Å². The van der Waals surface area contributed by atoms with Crippen LogP contribution < -0.4 is 10.6 Å². The van der Waals surface area contributed by atoms with Crippen molar-refractivity contribution < 1.29 is 13.6 Å². The second-order valence-electron chi connectivity index (χ2n) is 9.92. The van der Waals surface area contributed by atoms with Gasteiger partial charge in [-0.15, -0.1) is 0 Å². The summed E-state index contributed by atoms with van der Waals surface area (Å²) in [6, 6.07) is 4.39. The number of aromatic nitrogens is 4. The zero-order chi connectivity index (χ0) is 24.8. The minimum atomic E-state index is -0.654. The molecule has 1 aromatic carbocycles. The largest absolute Gasteiger partial charge is 0.367 e. The molecule has 8 nitrogen and oxygen atoms in total. The molecule has 1 saturated heterocycles. The standard InChI is InChI=1S/C26H29F2N7O/c1-34-10-7-18-23(30-16-5-4-6-17(13-16)31-26(36)35-8-2-3-9-35)32-24(33-25(18)34)20-14-29-22-19(20)11-15(27)12-21(22)28/h7,10-12,14,16-17,29H,2-6,8-9,13H2,1H3,(H,31,36)(H,30,32,33)/t16-,17+/m1/s1. The van der Waals surface area contributed by atoms with Gasteiger partial charge in [-0.3, -0.25) is 0 Å². The predicted molar refractivity (Wildman–Crippen MR) is 135 cm³/mol. The van der Waals surface area contributed by atoms with Gasteiger partial charge >= 0.3 is 6.03 Å². The molecule has 2 fully saturated rings. The number of hydrogen-bond donors (Lipinski definition) is 3. The Hall–Kier alpha value is -3.69. The van der Waals surface area contributed by atoms with E-state index in [0.717, 1.165) is 68.7 Å². The van der Waals surface area contributed by atoms with Gasteiger partial charge in [-0.1, -0.05) is 0 Å². The number of aryl methyl sites for hydroxylation is 1. The zero-order valence-corrected chi connectivity index (χ0v) is 20.2. The molecule has 0 spiro atoms. The molecule has 36 heavy (non-hydrogen) atoms. The van der Waals surface area contributed by atoms with E-state index in [4.69, 9.17) is 9.97 Å². The topological polar surface area (TPSA) is 90.9 Å². The molecule has 0 bridgehead atoms. The summed E-state index contributed by atoms with van der Waals surface area (Å²) in [5.74, 6) is -0.238. The number of anilines is 1. The van der Waals surface area contributed by atoms with Crippen molar-refractivity contribution >= 4 is 33.8 Å². The fraction of sp³-hybridized carbons (Fsp3) is 0.423. The molecule has 1 saturated carbocycles. The molecule has 188 valence electrons. The van der Waals surface area contributed by atoms with E-state index >= 15 is 0 Å². The number of carbonyl (C=O) groups is 1. The number of benzene rings is 1. The molecule has 0 radical (unpaired) electrons. The van der Waals surface area contributed by atoms with Crippen molar-refractivity contribution in [1.29, 1.82) is 0 Å². The molecule has 2 aliphatic rings. The van der Waals surface area contributed by atoms with Gasteiger partial charge in [-0.05, 0) is 50.7 Å². The van der Waals surface area contributed by atoms with Crippen molar-refractivity contribution in [3.05, 3.63) is 42.2 Å². The first-order valence-electron chi connectivity index (χ1n) is 12.6. The summed E-state index contributed by atoms with van der Waals surface area (Å²) in [4.78, 5) is 26.9. The maximum Gasteiger partial charge on any atom is 0.317 e. The summed E-state index contributed by atoms with van der Waals surface area (Å²) in [7, 11) is 1.90. The van der Waals surface area contributed by atoms with Crippen molar-refractivity contribution in [1.82, 2.24) is 29.7 Å². The zero-order valence-electron chi connectivity index (χ0n) is 20.2. The van der Waals surface area contributed by atoms with E-state index in [2.05, 4.69) is 15.6 Å². The van der Waals surface area contributed by atoms with Gasteiger partial charge in [0.15, 0.2) is 5.82 Å². The van der Waals surface area contributed by atoms with Gasteiger partial charge in [0.05, 0.1) is 10.9 Å². The summed E-state index contributed by atoms with van der Waals surface area (Å²) in [5, 5.41) is 8.09. The molecular formula is C26H29F2N7O. The first-order valence-corrected chi connectivity index (χ1v) is 12.6. The molecule has 4 aromatic rings. The monoisotopic (exact) mass is 493 g/mol. The number of nitrogens with one attached hydrogen (secondary N) is 3. The normalized spacial score (nSPS) is 20.4. The van der Waals surface area contributed by atoms with Gasteiger partial charge in [-0.25, -0.2) is 23.5 Å². The Kier molecular flexibility index (Phi) is 5.73. The highest BCUT2D eigenvalue weighted by Gasteiger charge is 2.27. The Balaban J connectivity index is 1.29. The summed E-state index contributed by atoms with van der Waals surface area (Å²) < 4.78 is 30.2. The Labute approximate surface area is 207 Å². The van der Waals surface area contributed by atoms with Gasteiger partial charge in [-0.2, -0.15) is 0 Å². The first-order chi connectivity index (χ1) is 17.5. The van der Waals surface area contributed by atoms with Crippen LogP contribution in [-0.4, -0.2) is 55.6 Å².